The van der Waals surface area contributed by atoms with Gasteiger partial charge in [-0.05, 0) is 30.5 Å². The van der Waals surface area contributed by atoms with E-state index in [2.05, 4.69) is 38.1 Å². The lowest BCUT2D eigenvalue weighted by Gasteiger charge is -2.01. The van der Waals surface area contributed by atoms with E-state index in [1.54, 1.807) is 0 Å². The Morgan fingerprint density at radius 3 is 2.71 bits per heavy atom. The highest BCUT2D eigenvalue weighted by Gasteiger charge is 2.07. The van der Waals surface area contributed by atoms with Crippen LogP contribution >= 0.6 is 0 Å². The topological polar surface area (TPSA) is 13.1 Å². The van der Waals surface area contributed by atoms with Crippen LogP contribution in [0, 0.1) is 0 Å². The summed E-state index contributed by atoms with van der Waals surface area (Å²) >= 11 is 0. The molecule has 0 atom stereocenters. The molecule has 0 saturated carbocycles. The van der Waals surface area contributed by atoms with Crippen LogP contribution < -0.4 is 0 Å². The van der Waals surface area contributed by atoms with Gasteiger partial charge < -0.3 is 4.42 Å². The molecule has 0 aliphatic heterocycles. The molecule has 0 radical (unpaired) electrons. The highest BCUT2D eigenvalue weighted by atomic mass is 16.3. The van der Waals surface area contributed by atoms with Crippen molar-refractivity contribution in [2.24, 2.45) is 0 Å². The first-order chi connectivity index (χ1) is 8.35. The molecule has 17 heavy (non-hydrogen) atoms. The fraction of sp³-hybridized carbons (Fsp3) is 0.375. The van der Waals surface area contributed by atoms with E-state index in [1.807, 2.05) is 12.1 Å². The van der Waals surface area contributed by atoms with Gasteiger partial charge in [-0.25, -0.2) is 0 Å². The van der Waals surface area contributed by atoms with E-state index in [9.17, 15) is 0 Å². The normalized spacial score (nSPS) is 12.2. The Bertz CT molecular complexity index is 472. The maximum atomic E-state index is 5.91. The lowest BCUT2D eigenvalue weighted by Crippen LogP contribution is -1.81. The number of fused-ring (bicyclic) bond motifs is 1. The van der Waals surface area contributed by atoms with Crippen molar-refractivity contribution >= 4 is 16.5 Å². The summed E-state index contributed by atoms with van der Waals surface area (Å²) in [5.74, 6) is 1.04. The third-order valence-electron chi connectivity index (χ3n) is 2.94. The number of allylic oxidation sites excluding steroid dienone is 2. The van der Waals surface area contributed by atoms with Gasteiger partial charge >= 0.3 is 0 Å². The summed E-state index contributed by atoms with van der Waals surface area (Å²) in [7, 11) is 0. The first-order valence-electron chi connectivity index (χ1n) is 6.53. The summed E-state index contributed by atoms with van der Waals surface area (Å²) < 4.78 is 5.91. The average molecular weight is 228 g/mol. The molecule has 1 aromatic heterocycles. The molecule has 0 N–H and O–H groups in total. The van der Waals surface area contributed by atoms with Crippen molar-refractivity contribution in [2.45, 2.75) is 39.5 Å². The predicted molar refractivity (Wildman–Crippen MR) is 74.0 cm³/mol. The Kier molecular flexibility index (Phi) is 4.03. The number of rotatable bonds is 5. The van der Waals surface area contributed by atoms with Crippen molar-refractivity contribution in [3.63, 3.8) is 0 Å². The molecule has 90 valence electrons. The number of hydrogen-bond acceptors (Lipinski definition) is 1. The molecule has 2 aromatic rings. The Balaban J connectivity index is 2.34. The van der Waals surface area contributed by atoms with E-state index in [0.29, 0.717) is 0 Å². The maximum absolute atomic E-state index is 5.91. The van der Waals surface area contributed by atoms with Gasteiger partial charge in [-0.2, -0.15) is 0 Å². The van der Waals surface area contributed by atoms with Gasteiger partial charge in [0.05, 0.1) is 0 Å². The van der Waals surface area contributed by atoms with Crippen LogP contribution in [-0.2, 0) is 0 Å². The number of benzene rings is 1. The van der Waals surface area contributed by atoms with Gasteiger partial charge in [-0.15, -0.1) is 0 Å². The van der Waals surface area contributed by atoms with E-state index in [4.69, 9.17) is 4.42 Å². The lowest BCUT2D eigenvalue weighted by molar-refractivity contribution is 0.595. The molecule has 1 nitrogen and oxygen atoms in total. The molecule has 0 saturated heterocycles. The van der Waals surface area contributed by atoms with Crippen molar-refractivity contribution in [3.8, 4) is 0 Å². The minimum Gasteiger partial charge on any atom is -0.456 e. The lowest BCUT2D eigenvalue weighted by atomic mass is 10.1. The molecule has 1 aromatic carbocycles. The van der Waals surface area contributed by atoms with Gasteiger partial charge in [-0.3, -0.25) is 0 Å². The fourth-order valence-corrected chi connectivity index (χ4v) is 2.05. The quantitative estimate of drug-likeness (QED) is 0.666. The number of unbranched alkanes of at least 4 members (excludes halogenated alkanes) is 1. The highest BCUT2D eigenvalue weighted by molar-refractivity contribution is 5.81. The van der Waals surface area contributed by atoms with Crippen LogP contribution in [0.15, 0.2) is 40.8 Å². The van der Waals surface area contributed by atoms with Crippen LogP contribution in [0.4, 0.5) is 0 Å². The Labute approximate surface area is 103 Å². The second kappa shape index (κ2) is 5.72. The molecule has 2 rings (SSSR count). The van der Waals surface area contributed by atoms with Crippen LogP contribution in [0.3, 0.4) is 0 Å². The van der Waals surface area contributed by atoms with E-state index in [-0.39, 0.29) is 0 Å². The third-order valence-corrected chi connectivity index (χ3v) is 2.94. The third kappa shape index (κ3) is 2.79. The van der Waals surface area contributed by atoms with Gasteiger partial charge in [0.25, 0.3) is 0 Å². The zero-order valence-electron chi connectivity index (χ0n) is 10.7. The van der Waals surface area contributed by atoms with E-state index in [0.717, 1.165) is 30.6 Å². The largest absolute Gasteiger partial charge is 0.456 e. The molecule has 0 amide bonds. The van der Waals surface area contributed by atoms with E-state index < -0.39 is 0 Å². The molecule has 0 unspecified atom stereocenters. The van der Waals surface area contributed by atoms with Crippen LogP contribution in [0.5, 0.6) is 0 Å². The Morgan fingerprint density at radius 2 is 2.00 bits per heavy atom. The summed E-state index contributed by atoms with van der Waals surface area (Å²) in [5.41, 5.74) is 2.34. The van der Waals surface area contributed by atoms with Crippen molar-refractivity contribution < 1.29 is 4.42 Å². The average Bonchev–Trinajstić information content (AvgIpc) is 2.78. The number of furan rings is 1. The molecule has 1 heteroatoms. The minimum absolute atomic E-state index is 0.987. The molecule has 0 bridgehead atoms. The smallest absolute Gasteiger partial charge is 0.134 e. The monoisotopic (exact) mass is 228 g/mol. The highest BCUT2D eigenvalue weighted by Crippen LogP contribution is 2.27. The summed E-state index contributed by atoms with van der Waals surface area (Å²) in [6, 6.07) is 10.4. The first kappa shape index (κ1) is 12.0. The van der Waals surface area contributed by atoms with Gasteiger partial charge in [-0.1, -0.05) is 51.0 Å². The second-order valence-corrected chi connectivity index (χ2v) is 4.42. The molecule has 0 aliphatic rings. The summed E-state index contributed by atoms with van der Waals surface area (Å²) in [5, 5.41) is 1.20. The summed E-state index contributed by atoms with van der Waals surface area (Å²) in [6.07, 6.45) is 6.90. The fourth-order valence-electron chi connectivity index (χ4n) is 2.05. The summed E-state index contributed by atoms with van der Waals surface area (Å²) in [4.78, 5) is 0. The zero-order chi connectivity index (χ0) is 12.1. The van der Waals surface area contributed by atoms with E-state index >= 15 is 0 Å². The Hall–Kier alpha value is -1.50. The van der Waals surface area contributed by atoms with Crippen LogP contribution in [0.1, 0.15) is 45.3 Å². The van der Waals surface area contributed by atoms with Gasteiger partial charge in [0.1, 0.15) is 11.3 Å². The number of hydrogen-bond donors (Lipinski definition) is 0. The first-order valence-corrected chi connectivity index (χ1v) is 6.53. The standard InChI is InChI=1S/C16H20O/c1-3-5-9-13(8-4-2)16-12-14-10-6-7-11-15(14)17-16/h6-7,9-12H,3-5,8H2,1-2H3/b13-9-. The van der Waals surface area contributed by atoms with Crippen LogP contribution in [0.2, 0.25) is 0 Å². The van der Waals surface area contributed by atoms with Gasteiger partial charge in [0.2, 0.25) is 0 Å². The molecule has 1 heterocycles. The summed E-state index contributed by atoms with van der Waals surface area (Å²) in [6.45, 7) is 4.42. The Morgan fingerprint density at radius 1 is 1.18 bits per heavy atom. The van der Waals surface area contributed by atoms with Crippen molar-refractivity contribution in [2.75, 3.05) is 0 Å². The van der Waals surface area contributed by atoms with Crippen LogP contribution in [-0.4, -0.2) is 0 Å². The van der Waals surface area contributed by atoms with Gasteiger partial charge in [0, 0.05) is 5.39 Å². The van der Waals surface area contributed by atoms with E-state index in [1.165, 1.54) is 17.4 Å². The molecule has 0 fully saturated rings. The van der Waals surface area contributed by atoms with Gasteiger partial charge in [0.15, 0.2) is 0 Å². The van der Waals surface area contributed by atoms with Crippen molar-refractivity contribution in [1.29, 1.82) is 0 Å². The molecular weight excluding hydrogens is 208 g/mol. The molecule has 0 aliphatic carbocycles. The number of para-hydroxylation sites is 1. The molecule has 0 spiro atoms. The van der Waals surface area contributed by atoms with Crippen LogP contribution in [0.25, 0.3) is 16.5 Å². The predicted octanol–water partition coefficient (Wildman–Crippen LogP) is 5.42. The second-order valence-electron chi connectivity index (χ2n) is 4.42. The van der Waals surface area contributed by atoms with Crippen molar-refractivity contribution in [3.05, 3.63) is 42.2 Å². The maximum Gasteiger partial charge on any atom is 0.134 e. The minimum atomic E-state index is 0.987. The SMILES string of the molecule is CCC/C=C(/CCC)c1cc2ccccc2o1. The van der Waals surface area contributed by atoms with Crippen molar-refractivity contribution in [1.82, 2.24) is 0 Å². The zero-order valence-corrected chi connectivity index (χ0v) is 10.7. The molecular formula is C16H20O.